The van der Waals surface area contributed by atoms with Crippen molar-refractivity contribution in [2.45, 2.75) is 32.1 Å². The van der Waals surface area contributed by atoms with Crippen molar-refractivity contribution < 1.29 is 17.4 Å². The lowest BCUT2D eigenvalue weighted by Crippen LogP contribution is -2.37. The number of carbonyl (C=O) groups is 1. The Morgan fingerprint density at radius 2 is 1.71 bits per heavy atom. The highest BCUT2D eigenvalue weighted by Gasteiger charge is 2.17. The molecule has 100 valence electrons. The molecule has 1 saturated heterocycles. The summed E-state index contributed by atoms with van der Waals surface area (Å²) in [6.07, 6.45) is 5.42. The van der Waals surface area contributed by atoms with Gasteiger partial charge in [-0.05, 0) is 12.8 Å². The molecule has 0 aliphatic carbocycles. The molecule has 0 aromatic carbocycles. The van der Waals surface area contributed by atoms with Gasteiger partial charge < -0.3 is 4.90 Å². The molecule has 7 heteroatoms. The van der Waals surface area contributed by atoms with E-state index in [1.807, 2.05) is 4.72 Å². The number of hydrogen-bond donors (Lipinski definition) is 1. The van der Waals surface area contributed by atoms with Crippen LogP contribution in [0.4, 0.5) is 0 Å². The van der Waals surface area contributed by atoms with Gasteiger partial charge in [0.2, 0.25) is 5.91 Å². The average Bonchev–Trinajstić information content (AvgIpc) is 2.26. The maximum Gasteiger partial charge on any atom is 0.336 e. The molecule has 1 heterocycles. The summed E-state index contributed by atoms with van der Waals surface area (Å²) in [5, 5.41) is 0. The lowest BCUT2D eigenvalue weighted by molar-refractivity contribution is -0.133. The Labute approximate surface area is 103 Å². The number of nitrogens with zero attached hydrogens (tertiary/aromatic N) is 1. The zero-order valence-electron chi connectivity index (χ0n) is 10.1. The van der Waals surface area contributed by atoms with Crippen LogP contribution in [-0.2, 0) is 19.3 Å². The predicted octanol–water partition coefficient (Wildman–Crippen LogP) is 0.260. The molecule has 1 N–H and O–H groups in total. The van der Waals surface area contributed by atoms with Gasteiger partial charge in [0, 0.05) is 20.1 Å². The summed E-state index contributed by atoms with van der Waals surface area (Å²) in [4.78, 5) is 13.4. The number of likely N-dealkylation sites (tertiary alicyclic amines) is 1. The molecule has 0 atom stereocenters. The number of nitrogens with one attached hydrogen (secondary N) is 1. The minimum atomic E-state index is -3.77. The van der Waals surface area contributed by atoms with E-state index in [-0.39, 0.29) is 5.91 Å². The summed E-state index contributed by atoms with van der Waals surface area (Å²) >= 11 is 0. The normalized spacial score (nSPS) is 18.5. The summed E-state index contributed by atoms with van der Waals surface area (Å²) in [7, 11) is -2.52. The summed E-state index contributed by atoms with van der Waals surface area (Å²) in [6, 6.07) is 0. The minimum absolute atomic E-state index is 0.259. The Bertz CT molecular complexity index is 334. The maximum atomic E-state index is 11.7. The highest BCUT2D eigenvalue weighted by Crippen LogP contribution is 2.10. The van der Waals surface area contributed by atoms with Crippen LogP contribution in [0.1, 0.15) is 32.1 Å². The largest absolute Gasteiger partial charge is 0.341 e. The molecule has 0 aromatic rings. The Kier molecular flexibility index (Phi) is 5.87. The smallest absolute Gasteiger partial charge is 0.336 e. The van der Waals surface area contributed by atoms with Crippen molar-refractivity contribution in [3.05, 3.63) is 0 Å². The molecule has 0 saturated carbocycles. The maximum absolute atomic E-state index is 11.7. The SMILES string of the molecule is CNS(=O)(=O)OCC(=O)N1CCCCCCC1. The van der Waals surface area contributed by atoms with Crippen molar-refractivity contribution in [1.29, 1.82) is 0 Å². The van der Waals surface area contributed by atoms with Gasteiger partial charge in [-0.3, -0.25) is 4.79 Å². The Morgan fingerprint density at radius 1 is 1.18 bits per heavy atom. The Balaban J connectivity index is 2.40. The van der Waals surface area contributed by atoms with Crippen LogP contribution in [0.15, 0.2) is 0 Å². The van der Waals surface area contributed by atoms with E-state index in [1.54, 1.807) is 4.90 Å². The van der Waals surface area contributed by atoms with Crippen LogP contribution >= 0.6 is 0 Å². The molecule has 0 unspecified atom stereocenters. The summed E-state index contributed by atoms with van der Waals surface area (Å²) < 4.78 is 28.5. The minimum Gasteiger partial charge on any atom is -0.341 e. The molecule has 6 nitrogen and oxygen atoms in total. The Hall–Kier alpha value is -0.660. The molecule has 1 aliphatic heterocycles. The predicted molar refractivity (Wildman–Crippen MR) is 63.6 cm³/mol. The fraction of sp³-hybridized carbons (Fsp3) is 0.900. The highest BCUT2D eigenvalue weighted by molar-refractivity contribution is 7.84. The first kappa shape index (κ1) is 14.4. The number of carbonyl (C=O) groups excluding carboxylic acids is 1. The molecule has 1 amide bonds. The van der Waals surface area contributed by atoms with E-state index in [2.05, 4.69) is 4.18 Å². The zero-order valence-corrected chi connectivity index (χ0v) is 11.0. The van der Waals surface area contributed by atoms with E-state index in [0.717, 1.165) is 25.7 Å². The van der Waals surface area contributed by atoms with Crippen molar-refractivity contribution in [2.75, 3.05) is 26.7 Å². The zero-order chi connectivity index (χ0) is 12.7. The van der Waals surface area contributed by atoms with Crippen molar-refractivity contribution in [2.24, 2.45) is 0 Å². The van der Waals surface area contributed by atoms with Gasteiger partial charge >= 0.3 is 10.3 Å². The molecule has 0 bridgehead atoms. The third kappa shape index (κ3) is 5.47. The summed E-state index contributed by atoms with van der Waals surface area (Å²) in [5.41, 5.74) is 0. The molecule has 1 fully saturated rings. The standard InChI is InChI=1S/C10H20N2O4S/c1-11-17(14,15)16-9-10(13)12-7-5-3-2-4-6-8-12/h11H,2-9H2,1H3. The van der Waals surface area contributed by atoms with Gasteiger partial charge in [-0.25, -0.2) is 4.18 Å². The van der Waals surface area contributed by atoms with Crippen LogP contribution in [0.2, 0.25) is 0 Å². The molecule has 1 aliphatic rings. The molecular formula is C10H20N2O4S. The summed E-state index contributed by atoms with van der Waals surface area (Å²) in [5.74, 6) is -0.259. The molecule has 0 aromatic heterocycles. The first-order chi connectivity index (χ1) is 8.05. The fourth-order valence-corrected chi connectivity index (χ4v) is 2.15. The monoisotopic (exact) mass is 264 g/mol. The van der Waals surface area contributed by atoms with Crippen LogP contribution in [0, 0.1) is 0 Å². The van der Waals surface area contributed by atoms with Gasteiger partial charge in [-0.1, -0.05) is 19.3 Å². The quantitative estimate of drug-likeness (QED) is 0.790. The van der Waals surface area contributed by atoms with Crippen LogP contribution in [0.5, 0.6) is 0 Å². The van der Waals surface area contributed by atoms with Gasteiger partial charge in [-0.15, -0.1) is 0 Å². The first-order valence-electron chi connectivity index (χ1n) is 5.91. The van der Waals surface area contributed by atoms with Gasteiger partial charge in [-0.2, -0.15) is 13.1 Å². The highest BCUT2D eigenvalue weighted by atomic mass is 32.2. The topological polar surface area (TPSA) is 75.7 Å². The van der Waals surface area contributed by atoms with Crippen molar-refractivity contribution >= 4 is 16.2 Å². The van der Waals surface area contributed by atoms with Gasteiger partial charge in [0.15, 0.2) is 0 Å². The van der Waals surface area contributed by atoms with Crippen LogP contribution in [-0.4, -0.2) is 46.0 Å². The van der Waals surface area contributed by atoms with E-state index < -0.39 is 16.9 Å². The van der Waals surface area contributed by atoms with E-state index in [9.17, 15) is 13.2 Å². The number of amides is 1. The lowest BCUT2D eigenvalue weighted by atomic mass is 10.1. The number of rotatable bonds is 4. The van der Waals surface area contributed by atoms with E-state index >= 15 is 0 Å². The van der Waals surface area contributed by atoms with E-state index in [0.29, 0.717) is 13.1 Å². The third-order valence-electron chi connectivity index (χ3n) is 2.80. The summed E-state index contributed by atoms with van der Waals surface area (Å²) in [6.45, 7) is 0.979. The fourth-order valence-electron chi connectivity index (χ4n) is 1.78. The van der Waals surface area contributed by atoms with Crippen molar-refractivity contribution in [3.8, 4) is 0 Å². The van der Waals surface area contributed by atoms with Crippen LogP contribution in [0.25, 0.3) is 0 Å². The van der Waals surface area contributed by atoms with Crippen LogP contribution in [0.3, 0.4) is 0 Å². The van der Waals surface area contributed by atoms with Gasteiger partial charge in [0.25, 0.3) is 0 Å². The molecule has 0 spiro atoms. The Morgan fingerprint density at radius 3 is 2.24 bits per heavy atom. The second-order valence-electron chi connectivity index (χ2n) is 4.07. The van der Waals surface area contributed by atoms with E-state index in [4.69, 9.17) is 0 Å². The van der Waals surface area contributed by atoms with Crippen molar-refractivity contribution in [3.63, 3.8) is 0 Å². The lowest BCUT2D eigenvalue weighted by Gasteiger charge is -2.24. The molecule has 17 heavy (non-hydrogen) atoms. The van der Waals surface area contributed by atoms with Crippen molar-refractivity contribution in [1.82, 2.24) is 9.62 Å². The third-order valence-corrected chi connectivity index (χ3v) is 3.72. The molecule has 1 rings (SSSR count). The second kappa shape index (κ2) is 6.93. The average molecular weight is 264 g/mol. The number of hydrogen-bond acceptors (Lipinski definition) is 4. The molecular weight excluding hydrogens is 244 g/mol. The van der Waals surface area contributed by atoms with Crippen LogP contribution < -0.4 is 4.72 Å². The first-order valence-corrected chi connectivity index (χ1v) is 7.31. The van der Waals surface area contributed by atoms with Gasteiger partial charge in [0.05, 0.1) is 0 Å². The van der Waals surface area contributed by atoms with E-state index in [1.165, 1.54) is 13.5 Å². The van der Waals surface area contributed by atoms with Gasteiger partial charge in [0.1, 0.15) is 6.61 Å². The second-order valence-corrected chi connectivity index (χ2v) is 5.62. The molecule has 0 radical (unpaired) electrons.